The van der Waals surface area contributed by atoms with E-state index in [0.717, 1.165) is 0 Å². The fourth-order valence-electron chi connectivity index (χ4n) is 2.00. The Morgan fingerprint density at radius 3 is 2.57 bits per heavy atom. The van der Waals surface area contributed by atoms with Gasteiger partial charge >= 0.3 is 0 Å². The standard InChI is InChI=1S/C16H17FN2O3S/c1-2-19-23(21,22)14-8-5-7-12(10-14)16(20)18-11-13-6-3-4-9-15(13)17/h3-10,19H,2,11H2,1H3,(H,18,20). The van der Waals surface area contributed by atoms with Crippen LogP contribution in [0.15, 0.2) is 53.4 Å². The number of rotatable bonds is 6. The zero-order valence-electron chi connectivity index (χ0n) is 12.5. The third kappa shape index (κ3) is 4.37. The first-order chi connectivity index (χ1) is 10.9. The maximum Gasteiger partial charge on any atom is 0.251 e. The summed E-state index contributed by atoms with van der Waals surface area (Å²) in [5.74, 6) is -0.877. The Labute approximate surface area is 134 Å². The van der Waals surface area contributed by atoms with Crippen molar-refractivity contribution >= 4 is 15.9 Å². The number of amides is 1. The third-order valence-corrected chi connectivity index (χ3v) is 4.68. The highest BCUT2D eigenvalue weighted by atomic mass is 32.2. The molecule has 0 heterocycles. The Morgan fingerprint density at radius 2 is 1.87 bits per heavy atom. The molecule has 0 aromatic heterocycles. The second-order valence-electron chi connectivity index (χ2n) is 4.80. The summed E-state index contributed by atoms with van der Waals surface area (Å²) in [5.41, 5.74) is 0.553. The molecule has 0 aliphatic rings. The van der Waals surface area contributed by atoms with Crippen LogP contribution in [0.1, 0.15) is 22.8 Å². The van der Waals surface area contributed by atoms with E-state index in [2.05, 4.69) is 10.0 Å². The summed E-state index contributed by atoms with van der Waals surface area (Å²) in [6, 6.07) is 11.8. The van der Waals surface area contributed by atoms with Crippen molar-refractivity contribution in [3.05, 3.63) is 65.5 Å². The van der Waals surface area contributed by atoms with E-state index in [4.69, 9.17) is 0 Å². The van der Waals surface area contributed by atoms with Crippen LogP contribution >= 0.6 is 0 Å². The van der Waals surface area contributed by atoms with Crippen LogP contribution in [0, 0.1) is 5.82 Å². The average molecular weight is 336 g/mol. The fourth-order valence-corrected chi connectivity index (χ4v) is 3.08. The summed E-state index contributed by atoms with van der Waals surface area (Å²) < 4.78 is 39.7. The molecule has 0 atom stereocenters. The van der Waals surface area contributed by atoms with Gasteiger partial charge in [-0.1, -0.05) is 31.2 Å². The Hall–Kier alpha value is -2.25. The maximum atomic E-state index is 13.5. The molecule has 7 heteroatoms. The molecule has 0 saturated heterocycles. The molecular weight excluding hydrogens is 319 g/mol. The van der Waals surface area contributed by atoms with Crippen LogP contribution in [0.25, 0.3) is 0 Å². The lowest BCUT2D eigenvalue weighted by Crippen LogP contribution is -2.25. The van der Waals surface area contributed by atoms with E-state index in [1.165, 1.54) is 30.3 Å². The summed E-state index contributed by atoms with van der Waals surface area (Å²) in [6.45, 7) is 1.95. The zero-order chi connectivity index (χ0) is 16.9. The highest BCUT2D eigenvalue weighted by molar-refractivity contribution is 7.89. The van der Waals surface area contributed by atoms with Gasteiger partial charge in [0.2, 0.25) is 10.0 Å². The Morgan fingerprint density at radius 1 is 1.13 bits per heavy atom. The number of benzene rings is 2. The lowest BCUT2D eigenvalue weighted by molar-refractivity contribution is 0.0950. The number of halogens is 1. The first kappa shape index (κ1) is 17.1. The van der Waals surface area contributed by atoms with Crippen molar-refractivity contribution < 1.29 is 17.6 Å². The second-order valence-corrected chi connectivity index (χ2v) is 6.57. The summed E-state index contributed by atoms with van der Waals surface area (Å²) in [5, 5.41) is 2.57. The number of hydrogen-bond acceptors (Lipinski definition) is 3. The van der Waals surface area contributed by atoms with E-state index in [-0.39, 0.29) is 23.5 Å². The predicted octanol–water partition coefficient (Wildman–Crippen LogP) is 2.05. The SMILES string of the molecule is CCNS(=O)(=O)c1cccc(C(=O)NCc2ccccc2F)c1. The van der Waals surface area contributed by atoms with E-state index in [9.17, 15) is 17.6 Å². The predicted molar refractivity (Wildman–Crippen MR) is 84.9 cm³/mol. The molecule has 0 radical (unpaired) electrons. The fraction of sp³-hybridized carbons (Fsp3) is 0.188. The van der Waals surface area contributed by atoms with Crippen molar-refractivity contribution in [2.24, 2.45) is 0 Å². The first-order valence-electron chi connectivity index (χ1n) is 7.05. The van der Waals surface area contributed by atoms with E-state index in [1.807, 2.05) is 0 Å². The summed E-state index contributed by atoms with van der Waals surface area (Å²) in [7, 11) is -3.63. The monoisotopic (exact) mass is 336 g/mol. The van der Waals surface area contributed by atoms with Gasteiger partial charge in [0.1, 0.15) is 5.82 Å². The zero-order valence-corrected chi connectivity index (χ0v) is 13.4. The molecule has 5 nitrogen and oxygen atoms in total. The molecule has 0 fully saturated rings. The molecule has 0 aliphatic heterocycles. The summed E-state index contributed by atoms with van der Waals surface area (Å²) >= 11 is 0. The number of carbonyl (C=O) groups excluding carboxylic acids is 1. The molecule has 0 spiro atoms. The molecule has 2 N–H and O–H groups in total. The molecule has 23 heavy (non-hydrogen) atoms. The number of sulfonamides is 1. The molecule has 0 saturated carbocycles. The van der Waals surface area contributed by atoms with Crippen molar-refractivity contribution in [3.63, 3.8) is 0 Å². The highest BCUT2D eigenvalue weighted by Crippen LogP contribution is 2.12. The van der Waals surface area contributed by atoms with Crippen LogP contribution < -0.4 is 10.0 Å². The van der Waals surface area contributed by atoms with Crippen LogP contribution in [0.5, 0.6) is 0 Å². The van der Waals surface area contributed by atoms with Gasteiger partial charge in [-0.3, -0.25) is 4.79 Å². The molecule has 2 aromatic rings. The van der Waals surface area contributed by atoms with Crippen LogP contribution in [0.2, 0.25) is 0 Å². The lowest BCUT2D eigenvalue weighted by atomic mass is 10.2. The molecular formula is C16H17FN2O3S. The Balaban J connectivity index is 2.13. The number of carbonyl (C=O) groups is 1. The topological polar surface area (TPSA) is 75.3 Å². The van der Waals surface area contributed by atoms with Crippen molar-refractivity contribution in [1.82, 2.24) is 10.0 Å². The quantitative estimate of drug-likeness (QED) is 0.848. The lowest BCUT2D eigenvalue weighted by Gasteiger charge is -2.08. The van der Waals surface area contributed by atoms with Gasteiger partial charge in [0.05, 0.1) is 4.90 Å². The number of hydrogen-bond donors (Lipinski definition) is 2. The third-order valence-electron chi connectivity index (χ3n) is 3.14. The molecule has 0 bridgehead atoms. The maximum absolute atomic E-state index is 13.5. The Bertz CT molecular complexity index is 806. The number of nitrogens with one attached hydrogen (secondary N) is 2. The van der Waals surface area contributed by atoms with Crippen molar-refractivity contribution in [1.29, 1.82) is 0 Å². The summed E-state index contributed by atoms with van der Waals surface area (Å²) in [6.07, 6.45) is 0. The summed E-state index contributed by atoms with van der Waals surface area (Å²) in [4.78, 5) is 12.1. The van der Waals surface area contributed by atoms with Gasteiger partial charge in [0.25, 0.3) is 5.91 Å². The largest absolute Gasteiger partial charge is 0.348 e. The van der Waals surface area contributed by atoms with Gasteiger partial charge in [0.15, 0.2) is 0 Å². The van der Waals surface area contributed by atoms with Gasteiger partial charge in [-0.15, -0.1) is 0 Å². The molecule has 2 rings (SSSR count). The van der Waals surface area contributed by atoms with E-state index >= 15 is 0 Å². The van der Waals surface area contributed by atoms with Gasteiger partial charge in [-0.2, -0.15) is 0 Å². The van der Waals surface area contributed by atoms with Crippen LogP contribution in [0.4, 0.5) is 4.39 Å². The molecule has 122 valence electrons. The smallest absolute Gasteiger partial charge is 0.251 e. The van der Waals surface area contributed by atoms with Crippen LogP contribution in [0.3, 0.4) is 0 Å². The highest BCUT2D eigenvalue weighted by Gasteiger charge is 2.15. The molecule has 0 unspecified atom stereocenters. The molecule has 0 aliphatic carbocycles. The molecule has 1 amide bonds. The normalized spacial score (nSPS) is 11.2. The minimum Gasteiger partial charge on any atom is -0.348 e. The van der Waals surface area contributed by atoms with E-state index in [0.29, 0.717) is 5.56 Å². The molecule has 2 aromatic carbocycles. The second kappa shape index (κ2) is 7.34. The van der Waals surface area contributed by atoms with Crippen molar-refractivity contribution in [2.45, 2.75) is 18.4 Å². The van der Waals surface area contributed by atoms with Gasteiger partial charge in [-0.25, -0.2) is 17.5 Å². The Kier molecular flexibility index (Phi) is 5.46. The minimum absolute atomic E-state index is 0.0119. The van der Waals surface area contributed by atoms with E-state index < -0.39 is 21.7 Å². The minimum atomic E-state index is -3.63. The van der Waals surface area contributed by atoms with Gasteiger partial charge < -0.3 is 5.32 Å². The van der Waals surface area contributed by atoms with Crippen LogP contribution in [-0.2, 0) is 16.6 Å². The average Bonchev–Trinajstić information content (AvgIpc) is 2.54. The first-order valence-corrected chi connectivity index (χ1v) is 8.53. The van der Waals surface area contributed by atoms with Gasteiger partial charge in [0, 0.05) is 24.2 Å². The van der Waals surface area contributed by atoms with Crippen LogP contribution in [-0.4, -0.2) is 20.9 Å². The van der Waals surface area contributed by atoms with E-state index in [1.54, 1.807) is 25.1 Å². The van der Waals surface area contributed by atoms with Gasteiger partial charge in [-0.05, 0) is 24.3 Å². The van der Waals surface area contributed by atoms with Crippen molar-refractivity contribution in [2.75, 3.05) is 6.54 Å². The van der Waals surface area contributed by atoms with Crippen molar-refractivity contribution in [3.8, 4) is 0 Å².